The van der Waals surface area contributed by atoms with Crippen molar-refractivity contribution >= 4 is 29.1 Å². The number of hydrogen-bond acceptors (Lipinski definition) is 2. The van der Waals surface area contributed by atoms with Crippen molar-refractivity contribution in [2.75, 3.05) is 11.8 Å². The summed E-state index contributed by atoms with van der Waals surface area (Å²) in [5.41, 5.74) is 0.806. The van der Waals surface area contributed by atoms with Crippen LogP contribution in [-0.2, 0) is 6.54 Å². The summed E-state index contributed by atoms with van der Waals surface area (Å²) in [6.45, 7) is 6.41. The maximum Gasteiger partial charge on any atom is 0.270 e. The van der Waals surface area contributed by atoms with Gasteiger partial charge in [-0.1, -0.05) is 6.92 Å². The third-order valence-corrected chi connectivity index (χ3v) is 4.02. The fourth-order valence-electron chi connectivity index (χ4n) is 1.65. The third-order valence-electron chi connectivity index (χ3n) is 3.00. The molecule has 1 rings (SSSR count). The molecule has 0 radical (unpaired) electrons. The van der Waals surface area contributed by atoms with Crippen molar-refractivity contribution in [1.82, 2.24) is 15.1 Å². The summed E-state index contributed by atoms with van der Waals surface area (Å²) in [4.78, 5) is 12.2. The molecule has 6 heteroatoms. The number of rotatable bonds is 6. The average Bonchev–Trinajstić information content (AvgIpc) is 2.77. The summed E-state index contributed by atoms with van der Waals surface area (Å²) < 4.78 is 1.67. The van der Waals surface area contributed by atoms with E-state index in [0.717, 1.165) is 5.69 Å². The van der Waals surface area contributed by atoms with Crippen LogP contribution in [0.5, 0.6) is 0 Å². The summed E-state index contributed by atoms with van der Waals surface area (Å²) in [6.07, 6.45) is 0.686. The number of hydrogen-bond donors (Lipinski definition) is 1. The maximum absolute atomic E-state index is 12.2. The number of halogens is 2. The van der Waals surface area contributed by atoms with Gasteiger partial charge in [0.25, 0.3) is 5.91 Å². The zero-order valence-electron chi connectivity index (χ0n) is 11.0. The molecule has 102 valence electrons. The lowest BCUT2D eigenvalue weighted by Crippen LogP contribution is -2.51. The van der Waals surface area contributed by atoms with Crippen molar-refractivity contribution in [2.45, 2.75) is 39.3 Å². The zero-order valence-corrected chi connectivity index (χ0v) is 12.5. The van der Waals surface area contributed by atoms with E-state index in [1.165, 1.54) is 0 Å². The van der Waals surface area contributed by atoms with Crippen LogP contribution in [0.4, 0.5) is 0 Å². The zero-order chi connectivity index (χ0) is 13.8. The Balaban J connectivity index is 2.93. The largest absolute Gasteiger partial charge is 0.343 e. The first-order valence-electron chi connectivity index (χ1n) is 6.00. The van der Waals surface area contributed by atoms with E-state index in [1.54, 1.807) is 10.7 Å². The van der Waals surface area contributed by atoms with Crippen molar-refractivity contribution in [2.24, 2.45) is 0 Å². The van der Waals surface area contributed by atoms with Gasteiger partial charge in [0, 0.05) is 18.3 Å². The number of aryl methyl sites for hydroxylation is 2. The van der Waals surface area contributed by atoms with Crippen LogP contribution in [0.15, 0.2) is 6.07 Å². The van der Waals surface area contributed by atoms with Gasteiger partial charge in [-0.2, -0.15) is 5.10 Å². The fraction of sp³-hybridized carbons (Fsp3) is 0.667. The third kappa shape index (κ3) is 3.18. The van der Waals surface area contributed by atoms with E-state index in [0.29, 0.717) is 18.7 Å². The van der Waals surface area contributed by atoms with Crippen LogP contribution < -0.4 is 5.32 Å². The fourth-order valence-corrected chi connectivity index (χ4v) is 2.45. The average molecular weight is 292 g/mol. The van der Waals surface area contributed by atoms with E-state index in [2.05, 4.69) is 10.4 Å². The van der Waals surface area contributed by atoms with E-state index in [1.807, 2.05) is 20.8 Å². The minimum Gasteiger partial charge on any atom is -0.343 e. The van der Waals surface area contributed by atoms with Crippen LogP contribution >= 0.6 is 23.2 Å². The Morgan fingerprint density at radius 1 is 1.44 bits per heavy atom. The second kappa shape index (κ2) is 6.43. The first-order valence-corrected chi connectivity index (χ1v) is 7.07. The van der Waals surface area contributed by atoms with Gasteiger partial charge in [0.2, 0.25) is 0 Å². The highest BCUT2D eigenvalue weighted by Gasteiger charge is 2.29. The molecule has 4 nitrogen and oxygen atoms in total. The van der Waals surface area contributed by atoms with Crippen molar-refractivity contribution < 1.29 is 4.79 Å². The summed E-state index contributed by atoms with van der Waals surface area (Å²) in [6, 6.07) is 1.77. The summed E-state index contributed by atoms with van der Waals surface area (Å²) in [7, 11) is 0. The highest BCUT2D eigenvalue weighted by molar-refractivity contribution is 6.22. The molecule has 1 heterocycles. The molecule has 0 aliphatic rings. The maximum atomic E-state index is 12.2. The van der Waals surface area contributed by atoms with Gasteiger partial charge in [-0.15, -0.1) is 23.2 Å². The molecular weight excluding hydrogens is 273 g/mol. The predicted molar refractivity (Wildman–Crippen MR) is 74.6 cm³/mol. The number of amides is 1. The number of nitrogens with zero attached hydrogens (tertiary/aromatic N) is 2. The smallest absolute Gasteiger partial charge is 0.270 e. The molecule has 0 saturated carbocycles. The second-order valence-corrected chi connectivity index (χ2v) is 4.88. The van der Waals surface area contributed by atoms with E-state index >= 15 is 0 Å². The minimum atomic E-state index is -0.559. The SMILES string of the molecule is CCn1nc(C)cc1C(=O)NC(CC)(CCl)CCl. The minimum absolute atomic E-state index is 0.180. The van der Waals surface area contributed by atoms with E-state index in [9.17, 15) is 4.79 Å². The molecule has 1 amide bonds. The second-order valence-electron chi connectivity index (χ2n) is 4.34. The summed E-state index contributed by atoms with van der Waals surface area (Å²) >= 11 is 11.8. The molecule has 0 atom stereocenters. The Morgan fingerprint density at radius 3 is 2.50 bits per heavy atom. The molecule has 1 N–H and O–H groups in total. The molecule has 0 aliphatic heterocycles. The lowest BCUT2D eigenvalue weighted by molar-refractivity contribution is 0.0902. The van der Waals surface area contributed by atoms with Crippen molar-refractivity contribution in [3.05, 3.63) is 17.5 Å². The molecule has 0 saturated heterocycles. The number of carbonyl (C=O) groups excluding carboxylic acids is 1. The van der Waals surface area contributed by atoms with Crippen molar-refractivity contribution in [3.8, 4) is 0 Å². The summed E-state index contributed by atoms with van der Waals surface area (Å²) in [5, 5.41) is 7.17. The quantitative estimate of drug-likeness (QED) is 0.819. The molecule has 0 aliphatic carbocycles. The molecule has 0 aromatic carbocycles. The molecule has 1 aromatic heterocycles. The van der Waals surface area contributed by atoms with Crippen LogP contribution in [0, 0.1) is 6.92 Å². The summed E-state index contributed by atoms with van der Waals surface area (Å²) in [5.74, 6) is 0.399. The van der Waals surface area contributed by atoms with E-state index in [-0.39, 0.29) is 17.7 Å². The molecule has 0 unspecified atom stereocenters. The van der Waals surface area contributed by atoms with Gasteiger partial charge >= 0.3 is 0 Å². The number of nitrogens with one attached hydrogen (secondary N) is 1. The van der Waals surface area contributed by atoms with Crippen LogP contribution in [0.2, 0.25) is 0 Å². The number of alkyl halides is 2. The molecule has 0 spiro atoms. The number of aromatic nitrogens is 2. The Hall–Kier alpha value is -0.740. The van der Waals surface area contributed by atoms with Gasteiger partial charge in [0.1, 0.15) is 5.69 Å². The topological polar surface area (TPSA) is 46.9 Å². The molecule has 1 aromatic rings. The Morgan fingerprint density at radius 2 is 2.06 bits per heavy atom. The molecular formula is C12H19Cl2N3O. The van der Waals surface area contributed by atoms with Gasteiger partial charge in [-0.05, 0) is 26.3 Å². The molecule has 0 bridgehead atoms. The lowest BCUT2D eigenvalue weighted by Gasteiger charge is -2.29. The highest BCUT2D eigenvalue weighted by Crippen LogP contribution is 2.16. The first kappa shape index (κ1) is 15.3. The molecule has 0 fully saturated rings. The lowest BCUT2D eigenvalue weighted by atomic mass is 10.0. The van der Waals surface area contributed by atoms with Crippen LogP contribution in [-0.4, -0.2) is 33.0 Å². The Bertz CT molecular complexity index is 405. The Labute approximate surface area is 118 Å². The van der Waals surface area contributed by atoms with Gasteiger partial charge in [-0.3, -0.25) is 9.48 Å². The highest BCUT2D eigenvalue weighted by atomic mass is 35.5. The molecule has 18 heavy (non-hydrogen) atoms. The monoisotopic (exact) mass is 291 g/mol. The van der Waals surface area contributed by atoms with E-state index in [4.69, 9.17) is 23.2 Å². The number of carbonyl (C=O) groups is 1. The predicted octanol–water partition coefficient (Wildman–Crippen LogP) is 2.57. The van der Waals surface area contributed by atoms with Gasteiger partial charge < -0.3 is 5.32 Å². The normalized spacial score (nSPS) is 11.6. The van der Waals surface area contributed by atoms with E-state index < -0.39 is 5.54 Å². The van der Waals surface area contributed by atoms with Crippen molar-refractivity contribution in [1.29, 1.82) is 0 Å². The van der Waals surface area contributed by atoms with Gasteiger partial charge in [0.15, 0.2) is 0 Å². The Kier molecular flexibility index (Phi) is 5.47. The van der Waals surface area contributed by atoms with Gasteiger partial charge in [0.05, 0.1) is 11.2 Å². The first-order chi connectivity index (χ1) is 8.51. The van der Waals surface area contributed by atoms with Gasteiger partial charge in [-0.25, -0.2) is 0 Å². The van der Waals surface area contributed by atoms with Crippen LogP contribution in [0.3, 0.4) is 0 Å². The standard InChI is InChI=1S/C12H19Cl2N3O/c1-4-12(7-13,8-14)15-11(18)10-6-9(3)16-17(10)5-2/h6H,4-5,7-8H2,1-3H3,(H,15,18). The van der Waals surface area contributed by atoms with Crippen molar-refractivity contribution in [3.63, 3.8) is 0 Å². The van der Waals surface area contributed by atoms with Crippen LogP contribution in [0.25, 0.3) is 0 Å². The van der Waals surface area contributed by atoms with Crippen LogP contribution in [0.1, 0.15) is 36.5 Å².